The van der Waals surface area contributed by atoms with Crippen molar-refractivity contribution in [1.29, 1.82) is 0 Å². The standard InChI is InChI=1S/C33H42ClN3O3.CH2O3.ClH/c1-4-19-37(3)20-8-21-40-31-22-24(11-17-29(31)34)32-28(27-10-7-6-9-23(27)5-2)16-18-30(36-32)33(39)35-25-12-14-26(38)15-13-25;2-1(3)4;/h6-7,9-11,16-18,22,25-26,38H,4-5,8,12-15,19-21H2,1-3H3,(H,35,39);(H2,2,3,4);1H. The number of nitrogens with one attached hydrogen (secondary N) is 1. The molecule has 0 unspecified atom stereocenters. The molecule has 1 aromatic heterocycles. The fraction of sp³-hybridized carbons (Fsp3) is 0.441. The second-order valence-corrected chi connectivity index (χ2v) is 11.4. The lowest BCUT2D eigenvalue weighted by atomic mass is 9.92. The fourth-order valence-corrected chi connectivity index (χ4v) is 5.54. The first-order valence-corrected chi connectivity index (χ1v) is 15.6. The summed E-state index contributed by atoms with van der Waals surface area (Å²) >= 11 is 6.54. The van der Waals surface area contributed by atoms with Gasteiger partial charge in [0, 0.05) is 23.7 Å². The summed E-state index contributed by atoms with van der Waals surface area (Å²) in [6.45, 7) is 6.91. The van der Waals surface area contributed by atoms with E-state index >= 15 is 0 Å². The maximum absolute atomic E-state index is 13.3. The Labute approximate surface area is 277 Å². The smallest absolute Gasteiger partial charge is 0.492 e. The first-order chi connectivity index (χ1) is 21.1. The van der Waals surface area contributed by atoms with Crippen LogP contribution in [0, 0.1) is 0 Å². The van der Waals surface area contributed by atoms with E-state index in [4.69, 9.17) is 36.3 Å². The van der Waals surface area contributed by atoms with Crippen LogP contribution in [0.4, 0.5) is 4.79 Å². The number of aliphatic hydroxyl groups excluding tert-OH is 1. The number of aromatic nitrogens is 1. The number of rotatable bonds is 12. The summed E-state index contributed by atoms with van der Waals surface area (Å²) in [5.74, 6) is 0.420. The number of ether oxygens (including phenoxy) is 1. The Morgan fingerprint density at radius 2 is 1.69 bits per heavy atom. The first-order valence-electron chi connectivity index (χ1n) is 15.2. The van der Waals surface area contributed by atoms with Gasteiger partial charge < -0.3 is 30.3 Å². The largest absolute Gasteiger partial charge is 0.503 e. The number of nitrogens with zero attached hydrogens (tertiary/aromatic N) is 2. The van der Waals surface area contributed by atoms with Crippen molar-refractivity contribution in [1.82, 2.24) is 15.2 Å². The monoisotopic (exact) mass is 661 g/mol. The van der Waals surface area contributed by atoms with Crippen LogP contribution in [-0.2, 0) is 6.42 Å². The van der Waals surface area contributed by atoms with Crippen molar-refractivity contribution in [2.24, 2.45) is 0 Å². The molecule has 4 N–H and O–H groups in total. The van der Waals surface area contributed by atoms with Gasteiger partial charge in [-0.1, -0.05) is 55.8 Å². The van der Waals surface area contributed by atoms with E-state index in [0.717, 1.165) is 67.6 Å². The van der Waals surface area contributed by atoms with Gasteiger partial charge in [0.2, 0.25) is 0 Å². The number of carbonyl (C=O) groups is 2. The van der Waals surface area contributed by atoms with Crippen LogP contribution >= 0.6 is 24.0 Å². The molecule has 0 aliphatic heterocycles. The van der Waals surface area contributed by atoms with Crippen molar-refractivity contribution in [3.05, 3.63) is 70.9 Å². The van der Waals surface area contributed by atoms with Gasteiger partial charge in [0.05, 0.1) is 23.4 Å². The van der Waals surface area contributed by atoms with E-state index < -0.39 is 6.16 Å². The number of hydrogen-bond acceptors (Lipinski definition) is 6. The Bertz CT molecular complexity index is 1380. The Hall–Kier alpha value is -3.37. The molecule has 0 atom stereocenters. The van der Waals surface area contributed by atoms with E-state index in [9.17, 15) is 9.90 Å². The molecule has 9 nitrogen and oxygen atoms in total. The highest BCUT2D eigenvalue weighted by atomic mass is 35.5. The van der Waals surface area contributed by atoms with Gasteiger partial charge in [0.15, 0.2) is 0 Å². The summed E-state index contributed by atoms with van der Waals surface area (Å²) in [7, 11) is 2.12. The summed E-state index contributed by atoms with van der Waals surface area (Å²) in [6.07, 6.45) is 3.77. The van der Waals surface area contributed by atoms with E-state index in [0.29, 0.717) is 35.9 Å². The summed E-state index contributed by atoms with van der Waals surface area (Å²) in [4.78, 5) is 29.0. The summed E-state index contributed by atoms with van der Waals surface area (Å²) < 4.78 is 6.12. The summed E-state index contributed by atoms with van der Waals surface area (Å²) in [5.41, 5.74) is 5.21. The van der Waals surface area contributed by atoms with Gasteiger partial charge in [0.25, 0.3) is 5.91 Å². The molecule has 246 valence electrons. The zero-order valence-corrected chi connectivity index (χ0v) is 27.7. The van der Waals surface area contributed by atoms with Crippen molar-refractivity contribution in [3.8, 4) is 28.1 Å². The van der Waals surface area contributed by atoms with Crippen LogP contribution in [0.25, 0.3) is 22.4 Å². The predicted molar refractivity (Wildman–Crippen MR) is 181 cm³/mol. The molecule has 11 heteroatoms. The van der Waals surface area contributed by atoms with Gasteiger partial charge >= 0.3 is 6.16 Å². The van der Waals surface area contributed by atoms with Crippen LogP contribution in [0.2, 0.25) is 5.02 Å². The zero-order valence-electron chi connectivity index (χ0n) is 26.2. The third-order valence-electron chi connectivity index (χ3n) is 7.60. The normalized spacial score (nSPS) is 15.8. The van der Waals surface area contributed by atoms with E-state index in [1.165, 1.54) is 5.56 Å². The Morgan fingerprint density at radius 3 is 2.36 bits per heavy atom. The van der Waals surface area contributed by atoms with Crippen molar-refractivity contribution in [2.75, 3.05) is 26.7 Å². The van der Waals surface area contributed by atoms with Crippen LogP contribution in [-0.4, -0.2) is 76.2 Å². The lowest BCUT2D eigenvalue weighted by molar-refractivity contribution is 0.0863. The maximum atomic E-state index is 13.3. The summed E-state index contributed by atoms with van der Waals surface area (Å²) in [6, 6.07) is 17.9. The number of pyridine rings is 1. The molecule has 1 heterocycles. The van der Waals surface area contributed by atoms with Gasteiger partial charge in [-0.05, 0) is 93.9 Å². The Morgan fingerprint density at radius 1 is 1.00 bits per heavy atom. The van der Waals surface area contributed by atoms with Crippen LogP contribution in [0.1, 0.15) is 68.4 Å². The number of carbonyl (C=O) groups excluding carboxylic acids is 1. The minimum Gasteiger partial charge on any atom is -0.492 e. The van der Waals surface area contributed by atoms with E-state index in [2.05, 4.69) is 43.2 Å². The molecule has 0 bridgehead atoms. The number of benzene rings is 2. The minimum absolute atomic E-state index is 0. The molecule has 0 saturated heterocycles. The van der Waals surface area contributed by atoms with E-state index in [1.807, 2.05) is 36.4 Å². The molecule has 4 rings (SSSR count). The number of halogens is 2. The topological polar surface area (TPSA) is 132 Å². The SMILES string of the molecule is CCCN(C)CCCOc1cc(-c2nc(C(=O)NC3CCC(O)CC3)ccc2-c2ccccc2CC)ccc1Cl.Cl.O=C(O)O. The molecular weight excluding hydrogens is 617 g/mol. The van der Waals surface area contributed by atoms with E-state index in [1.54, 1.807) is 6.07 Å². The average molecular weight is 663 g/mol. The van der Waals surface area contributed by atoms with Crippen molar-refractivity contribution in [2.45, 2.75) is 70.9 Å². The molecule has 1 fully saturated rings. The fourth-order valence-electron chi connectivity index (χ4n) is 5.37. The van der Waals surface area contributed by atoms with Crippen molar-refractivity contribution >= 4 is 36.1 Å². The van der Waals surface area contributed by atoms with Crippen LogP contribution in [0.15, 0.2) is 54.6 Å². The molecule has 2 aromatic carbocycles. The minimum atomic E-state index is -1.83. The zero-order chi connectivity index (χ0) is 32.1. The average Bonchev–Trinajstić information content (AvgIpc) is 3.01. The molecule has 1 aliphatic carbocycles. The predicted octanol–water partition coefficient (Wildman–Crippen LogP) is 7.42. The van der Waals surface area contributed by atoms with Crippen molar-refractivity contribution < 1.29 is 29.6 Å². The van der Waals surface area contributed by atoms with Crippen LogP contribution < -0.4 is 10.1 Å². The second-order valence-electron chi connectivity index (χ2n) is 11.0. The maximum Gasteiger partial charge on any atom is 0.503 e. The van der Waals surface area contributed by atoms with Gasteiger partial charge in [-0.15, -0.1) is 12.4 Å². The molecule has 0 spiro atoms. The molecule has 3 aromatic rings. The van der Waals surface area contributed by atoms with Gasteiger partial charge in [-0.3, -0.25) is 4.79 Å². The Kier molecular flexibility index (Phi) is 16.1. The van der Waals surface area contributed by atoms with Crippen LogP contribution in [0.3, 0.4) is 0 Å². The molecule has 45 heavy (non-hydrogen) atoms. The Balaban J connectivity index is 0.00000133. The first kappa shape index (κ1) is 37.8. The van der Waals surface area contributed by atoms with Gasteiger partial charge in [0.1, 0.15) is 11.4 Å². The summed E-state index contributed by atoms with van der Waals surface area (Å²) in [5, 5.41) is 27.5. The lowest BCUT2D eigenvalue weighted by Crippen LogP contribution is -2.38. The quantitative estimate of drug-likeness (QED) is 0.147. The van der Waals surface area contributed by atoms with Gasteiger partial charge in [-0.2, -0.15) is 0 Å². The lowest BCUT2D eigenvalue weighted by Gasteiger charge is -2.26. The molecular formula is C34H45Cl2N3O6. The van der Waals surface area contributed by atoms with Crippen LogP contribution in [0.5, 0.6) is 5.75 Å². The number of carboxylic acid groups (broad SMARTS) is 2. The molecule has 0 radical (unpaired) electrons. The molecule has 1 saturated carbocycles. The molecule has 1 aliphatic rings. The highest BCUT2D eigenvalue weighted by molar-refractivity contribution is 6.32. The third kappa shape index (κ3) is 11.8. The van der Waals surface area contributed by atoms with Gasteiger partial charge in [-0.25, -0.2) is 9.78 Å². The third-order valence-corrected chi connectivity index (χ3v) is 7.91. The number of hydrogen-bond donors (Lipinski definition) is 4. The second kappa shape index (κ2) is 19.2. The van der Waals surface area contributed by atoms with E-state index in [-0.39, 0.29) is 30.5 Å². The highest BCUT2D eigenvalue weighted by Crippen LogP contribution is 2.37. The van der Waals surface area contributed by atoms with Crippen molar-refractivity contribution in [3.63, 3.8) is 0 Å². The molecule has 1 amide bonds. The number of amides is 1. The highest BCUT2D eigenvalue weighted by Gasteiger charge is 2.23. The number of aliphatic hydroxyl groups is 1. The number of aryl methyl sites for hydroxylation is 1.